The van der Waals surface area contributed by atoms with Gasteiger partial charge >= 0.3 is 11.9 Å². The van der Waals surface area contributed by atoms with Crippen LogP contribution < -0.4 is 20.1 Å². The van der Waals surface area contributed by atoms with Gasteiger partial charge in [-0.2, -0.15) is 0 Å². The lowest BCUT2D eigenvalue weighted by Gasteiger charge is -2.15. The number of carboxylic acids is 1. The second-order valence-corrected chi connectivity index (χ2v) is 11.8. The number of anilines is 1. The van der Waals surface area contributed by atoms with Crippen LogP contribution in [-0.2, 0) is 22.4 Å². The lowest BCUT2D eigenvalue weighted by atomic mass is 10.0. The van der Waals surface area contributed by atoms with Crippen molar-refractivity contribution in [3.8, 4) is 11.5 Å². The molecular formula is C39H41FN2O7. The van der Waals surface area contributed by atoms with Gasteiger partial charge in [0.2, 0.25) is 5.91 Å². The molecule has 0 bridgehead atoms. The molecule has 256 valence electrons. The Balaban J connectivity index is 1.24. The molecule has 0 radical (unpaired) electrons. The van der Waals surface area contributed by atoms with Gasteiger partial charge in [0.25, 0.3) is 5.91 Å². The van der Waals surface area contributed by atoms with Gasteiger partial charge in [-0.05, 0) is 96.8 Å². The summed E-state index contributed by atoms with van der Waals surface area (Å²) in [7, 11) is 0. The Morgan fingerprint density at radius 1 is 0.776 bits per heavy atom. The number of aryl methyl sites for hydroxylation is 1. The summed E-state index contributed by atoms with van der Waals surface area (Å²) >= 11 is 0. The number of rotatable bonds is 17. The van der Waals surface area contributed by atoms with Crippen LogP contribution in [0.25, 0.3) is 0 Å². The van der Waals surface area contributed by atoms with Crippen molar-refractivity contribution < 1.29 is 38.1 Å². The van der Waals surface area contributed by atoms with Gasteiger partial charge in [-0.3, -0.25) is 9.59 Å². The molecule has 4 aromatic carbocycles. The first kappa shape index (κ1) is 36.3. The maximum atomic E-state index is 13.8. The third-order valence-electron chi connectivity index (χ3n) is 7.82. The predicted molar refractivity (Wildman–Crippen MR) is 185 cm³/mol. The van der Waals surface area contributed by atoms with Crippen LogP contribution >= 0.6 is 0 Å². The second kappa shape index (κ2) is 18.1. The van der Waals surface area contributed by atoms with Crippen molar-refractivity contribution in [3.05, 3.63) is 125 Å². The van der Waals surface area contributed by atoms with Gasteiger partial charge in [-0.25, -0.2) is 14.0 Å². The highest BCUT2D eigenvalue weighted by atomic mass is 19.1. The molecule has 2 amide bonds. The van der Waals surface area contributed by atoms with E-state index in [2.05, 4.69) is 17.6 Å². The molecule has 10 heteroatoms. The minimum Gasteiger partial charge on any atom is -0.494 e. The summed E-state index contributed by atoms with van der Waals surface area (Å²) in [6, 6.07) is 22.5. The van der Waals surface area contributed by atoms with E-state index in [0.29, 0.717) is 40.3 Å². The topological polar surface area (TPSA) is 131 Å². The first-order valence-electron chi connectivity index (χ1n) is 16.3. The molecule has 0 spiro atoms. The zero-order valence-electron chi connectivity index (χ0n) is 27.7. The minimum absolute atomic E-state index is 0.0108. The molecule has 0 fully saturated rings. The van der Waals surface area contributed by atoms with Crippen molar-refractivity contribution in [2.75, 3.05) is 11.9 Å². The number of halogens is 1. The number of carboxylic acid groups (broad SMARTS) is 1. The van der Waals surface area contributed by atoms with Crippen molar-refractivity contribution in [1.29, 1.82) is 0 Å². The number of unbranched alkanes of at least 4 members (excludes halogenated alkanes) is 4. The average molecular weight is 669 g/mol. The third kappa shape index (κ3) is 11.6. The van der Waals surface area contributed by atoms with Crippen molar-refractivity contribution >= 4 is 29.4 Å². The Morgan fingerprint density at radius 3 is 2.06 bits per heavy atom. The summed E-state index contributed by atoms with van der Waals surface area (Å²) < 4.78 is 25.0. The van der Waals surface area contributed by atoms with Gasteiger partial charge in [0, 0.05) is 17.7 Å². The fourth-order valence-corrected chi connectivity index (χ4v) is 4.96. The molecule has 0 saturated carbocycles. The lowest BCUT2D eigenvalue weighted by molar-refractivity contribution is -0.139. The number of nitrogens with one attached hydrogen (secondary N) is 2. The summed E-state index contributed by atoms with van der Waals surface area (Å²) in [4.78, 5) is 49.9. The van der Waals surface area contributed by atoms with E-state index < -0.39 is 23.9 Å². The van der Waals surface area contributed by atoms with E-state index in [1.165, 1.54) is 49.6 Å². The molecule has 3 N–H and O–H groups in total. The van der Waals surface area contributed by atoms with Gasteiger partial charge in [0.15, 0.2) is 0 Å². The van der Waals surface area contributed by atoms with Crippen LogP contribution in [0.2, 0.25) is 0 Å². The standard InChI is InChI=1S/C39H41FN2O7/c1-3-4-5-6-7-22-48-32-20-14-30(15-21-32)39(47)49-33-18-10-27(11-19-33)24-35(38(45)46)42-37(44)29-12-16-31(17-13-29)41-36(43)25-28-9-8-26(2)34(40)23-28/h8-21,23,35H,3-7,22,24-25H2,1-2H3,(H,41,43)(H,42,44)(H,45,46). The zero-order valence-corrected chi connectivity index (χ0v) is 27.7. The smallest absolute Gasteiger partial charge is 0.343 e. The Bertz CT molecular complexity index is 1720. The number of hydrogen-bond acceptors (Lipinski definition) is 6. The van der Waals surface area contributed by atoms with Gasteiger partial charge in [-0.1, -0.05) is 56.9 Å². The normalized spacial score (nSPS) is 11.3. The van der Waals surface area contributed by atoms with Crippen LogP contribution in [0.3, 0.4) is 0 Å². The van der Waals surface area contributed by atoms with Gasteiger partial charge in [0.05, 0.1) is 18.6 Å². The maximum absolute atomic E-state index is 13.8. The fourth-order valence-electron chi connectivity index (χ4n) is 4.96. The lowest BCUT2D eigenvalue weighted by Crippen LogP contribution is -2.42. The van der Waals surface area contributed by atoms with E-state index in [4.69, 9.17) is 9.47 Å². The SMILES string of the molecule is CCCCCCCOc1ccc(C(=O)Oc2ccc(CC(NC(=O)c3ccc(NC(=O)Cc4ccc(C)c(F)c4)cc3)C(=O)O)cc2)cc1. The van der Waals surface area contributed by atoms with Gasteiger partial charge < -0.3 is 25.2 Å². The Labute approximate surface area is 285 Å². The van der Waals surface area contributed by atoms with E-state index in [1.54, 1.807) is 67.6 Å². The Kier molecular flexibility index (Phi) is 13.5. The van der Waals surface area contributed by atoms with Crippen LogP contribution in [0.5, 0.6) is 11.5 Å². The molecule has 1 unspecified atom stereocenters. The summed E-state index contributed by atoms with van der Waals surface area (Å²) in [5.74, 6) is -2.12. The fraction of sp³-hybridized carbons (Fsp3) is 0.282. The van der Waals surface area contributed by atoms with Crippen molar-refractivity contribution in [2.45, 2.75) is 64.8 Å². The Hall–Kier alpha value is -5.51. The van der Waals surface area contributed by atoms with Crippen LogP contribution in [-0.4, -0.2) is 41.5 Å². The molecule has 0 aliphatic carbocycles. The van der Waals surface area contributed by atoms with Crippen molar-refractivity contribution in [1.82, 2.24) is 5.32 Å². The van der Waals surface area contributed by atoms with Gasteiger partial charge in [-0.15, -0.1) is 0 Å². The third-order valence-corrected chi connectivity index (χ3v) is 7.82. The number of benzene rings is 4. The van der Waals surface area contributed by atoms with Crippen molar-refractivity contribution in [2.24, 2.45) is 0 Å². The molecule has 0 aliphatic rings. The van der Waals surface area contributed by atoms with Crippen molar-refractivity contribution in [3.63, 3.8) is 0 Å². The molecule has 49 heavy (non-hydrogen) atoms. The van der Waals surface area contributed by atoms with E-state index in [0.717, 1.165) is 12.8 Å². The van der Waals surface area contributed by atoms with Crippen LogP contribution in [0, 0.1) is 12.7 Å². The molecule has 4 aromatic rings. The largest absolute Gasteiger partial charge is 0.494 e. The highest BCUT2D eigenvalue weighted by Crippen LogP contribution is 2.19. The Morgan fingerprint density at radius 2 is 1.41 bits per heavy atom. The molecule has 4 rings (SSSR count). The van der Waals surface area contributed by atoms with E-state index >= 15 is 0 Å². The van der Waals surface area contributed by atoms with E-state index in [1.807, 2.05) is 0 Å². The first-order valence-corrected chi connectivity index (χ1v) is 16.3. The van der Waals surface area contributed by atoms with Gasteiger partial charge in [0.1, 0.15) is 23.4 Å². The maximum Gasteiger partial charge on any atom is 0.343 e. The predicted octanol–water partition coefficient (Wildman–Crippen LogP) is 7.31. The first-order chi connectivity index (χ1) is 23.6. The number of ether oxygens (including phenoxy) is 2. The molecule has 0 aromatic heterocycles. The molecule has 1 atom stereocenters. The highest BCUT2D eigenvalue weighted by molar-refractivity contribution is 5.98. The summed E-state index contributed by atoms with van der Waals surface area (Å²) in [5, 5.41) is 15.0. The molecule has 0 saturated heterocycles. The number of carbonyl (C=O) groups excluding carboxylic acids is 3. The number of amides is 2. The molecule has 0 heterocycles. The van der Waals surface area contributed by atoms with Crippen LogP contribution in [0.4, 0.5) is 10.1 Å². The monoisotopic (exact) mass is 668 g/mol. The highest BCUT2D eigenvalue weighted by Gasteiger charge is 2.21. The number of hydrogen-bond donors (Lipinski definition) is 3. The number of aliphatic carboxylic acids is 1. The summed E-state index contributed by atoms with van der Waals surface area (Å²) in [6.07, 6.45) is 5.70. The summed E-state index contributed by atoms with van der Waals surface area (Å²) in [5.41, 5.74) is 2.62. The quantitative estimate of drug-likeness (QED) is 0.0611. The second-order valence-electron chi connectivity index (χ2n) is 11.8. The van der Waals surface area contributed by atoms with E-state index in [-0.39, 0.29) is 35.9 Å². The molecular weight excluding hydrogens is 627 g/mol. The molecule has 9 nitrogen and oxygen atoms in total. The minimum atomic E-state index is -1.23. The average Bonchev–Trinajstić information content (AvgIpc) is 3.09. The summed E-state index contributed by atoms with van der Waals surface area (Å²) in [6.45, 7) is 4.44. The number of esters is 1. The van der Waals surface area contributed by atoms with Crippen LogP contribution in [0.15, 0.2) is 91.0 Å². The number of carbonyl (C=O) groups is 4. The molecule has 0 aliphatic heterocycles. The zero-order chi connectivity index (χ0) is 35.2. The van der Waals surface area contributed by atoms with E-state index in [9.17, 15) is 28.7 Å². The van der Waals surface area contributed by atoms with Crippen LogP contribution in [0.1, 0.15) is 76.4 Å².